The van der Waals surface area contributed by atoms with Gasteiger partial charge in [0.15, 0.2) is 0 Å². The normalized spacial score (nSPS) is 15.5. The summed E-state index contributed by atoms with van der Waals surface area (Å²) in [4.78, 5) is 0. The Bertz CT molecular complexity index is 2130. The van der Waals surface area contributed by atoms with E-state index in [1.165, 1.54) is 74.9 Å². The van der Waals surface area contributed by atoms with Crippen molar-refractivity contribution in [1.29, 1.82) is 0 Å². The molecule has 6 aromatic carbocycles. The van der Waals surface area contributed by atoms with Crippen LogP contribution in [0.15, 0.2) is 140 Å². The van der Waals surface area contributed by atoms with Crippen molar-refractivity contribution < 1.29 is 17.9 Å². The average molecular weight is 729 g/mol. The van der Waals surface area contributed by atoms with Gasteiger partial charge in [-0.2, -0.15) is 0 Å². The van der Waals surface area contributed by atoms with Crippen molar-refractivity contribution in [1.82, 2.24) is 0 Å². The summed E-state index contributed by atoms with van der Waals surface area (Å²) in [5, 5.41) is 2.95. The Balaban J connectivity index is 1.40. The van der Waals surface area contributed by atoms with Crippen LogP contribution in [0.4, 0.5) is 0 Å². The van der Waals surface area contributed by atoms with Gasteiger partial charge in [0.25, 0.3) is 0 Å². The standard InChI is InChI=1S/C30H25.C12H9Si.2ClH.Zr/c1-21(2)26-15-9-10-16-28(26)30-27(23-13-7-4-8-14-23)18-17-24-19-25(20-29(24)30)22-11-5-3-6-12-22;1-3-7-11-9(5-1)10-6-2-4-8-12(10)13-11;;;/h3-21H,1-2H3;1-7H,13H2;2*1H;/q;;;;+2/p-2. The summed E-state index contributed by atoms with van der Waals surface area (Å²) in [6.45, 7) is 4.57. The van der Waals surface area contributed by atoms with Crippen LogP contribution in [0.25, 0.3) is 45.0 Å². The molecule has 0 bridgehead atoms. The maximum absolute atomic E-state index is 8.06. The Morgan fingerprint density at radius 3 is 1.96 bits per heavy atom. The zero-order valence-corrected chi connectivity index (χ0v) is 31.4. The van der Waals surface area contributed by atoms with Crippen LogP contribution in [0.2, 0.25) is 0 Å². The summed E-state index contributed by atoms with van der Waals surface area (Å²) in [6.07, 6.45) is 2.43. The molecular weight excluding hydrogens is 695 g/mol. The van der Waals surface area contributed by atoms with Gasteiger partial charge < -0.3 is 0 Å². The van der Waals surface area contributed by atoms with Crippen LogP contribution in [0.5, 0.6) is 0 Å². The minimum absolute atomic E-state index is 0.0472. The molecule has 0 fully saturated rings. The molecule has 8 rings (SSSR count). The van der Waals surface area contributed by atoms with E-state index in [0.29, 0.717) is 5.92 Å². The first-order valence-electron chi connectivity index (χ1n) is 16.1. The summed E-state index contributed by atoms with van der Waals surface area (Å²) in [7, 11) is 15.4. The number of fused-ring (bicyclic) bond motifs is 4. The van der Waals surface area contributed by atoms with Crippen LogP contribution in [0.3, 0.4) is 0 Å². The van der Waals surface area contributed by atoms with Crippen molar-refractivity contribution in [3.8, 4) is 33.4 Å². The van der Waals surface area contributed by atoms with Crippen molar-refractivity contribution in [2.45, 2.75) is 23.4 Å². The molecule has 4 heteroatoms. The Morgan fingerprint density at radius 1 is 0.587 bits per heavy atom. The van der Waals surface area contributed by atoms with Crippen LogP contribution in [0.1, 0.15) is 45.6 Å². The molecule has 0 saturated carbocycles. The zero-order chi connectivity index (χ0) is 31.4. The number of benzene rings is 6. The second kappa shape index (κ2) is 12.1. The maximum atomic E-state index is 8.06. The fourth-order valence-electron chi connectivity index (χ4n) is 7.72. The van der Waals surface area contributed by atoms with E-state index < -0.39 is 27.4 Å². The van der Waals surface area contributed by atoms with Crippen molar-refractivity contribution in [2.75, 3.05) is 0 Å². The van der Waals surface area contributed by atoms with Gasteiger partial charge in [0.05, 0.1) is 0 Å². The van der Waals surface area contributed by atoms with Gasteiger partial charge in [-0.1, -0.05) is 0 Å². The summed E-state index contributed by atoms with van der Waals surface area (Å²) in [5.74, 6) is 0.378. The molecule has 2 aliphatic rings. The van der Waals surface area contributed by atoms with E-state index in [2.05, 4.69) is 159 Å². The Morgan fingerprint density at radius 2 is 1.22 bits per heavy atom. The molecule has 1 aliphatic carbocycles. The van der Waals surface area contributed by atoms with E-state index in [1.807, 2.05) is 0 Å². The molecule has 1 unspecified atom stereocenters. The van der Waals surface area contributed by atoms with E-state index >= 15 is 0 Å². The van der Waals surface area contributed by atoms with Gasteiger partial charge in [-0.3, -0.25) is 0 Å². The van der Waals surface area contributed by atoms with Crippen LogP contribution >= 0.6 is 17.0 Å². The molecule has 0 saturated heterocycles. The Kier molecular flexibility index (Phi) is 7.90. The first-order chi connectivity index (χ1) is 22.4. The summed E-state index contributed by atoms with van der Waals surface area (Å²) >= 11 is -4.21. The molecule has 0 aromatic heterocycles. The molecule has 0 amide bonds. The molecule has 0 N–H and O–H groups in total. The van der Waals surface area contributed by atoms with Crippen molar-refractivity contribution in [3.05, 3.63) is 162 Å². The summed E-state index contributed by atoms with van der Waals surface area (Å²) in [6, 6.07) is 50.8. The van der Waals surface area contributed by atoms with E-state index in [1.54, 1.807) is 0 Å². The number of allylic oxidation sites excluding steroid dienone is 1. The van der Waals surface area contributed by atoms with Gasteiger partial charge in [-0.05, 0) is 0 Å². The first kappa shape index (κ1) is 30.1. The topological polar surface area (TPSA) is 0 Å². The average Bonchev–Trinajstić information content (AvgIpc) is 3.68. The number of hydrogen-bond donors (Lipinski definition) is 0. The van der Waals surface area contributed by atoms with Crippen molar-refractivity contribution >= 4 is 51.8 Å². The second-order valence-corrected chi connectivity index (χ2v) is 28.6. The Hall–Kier alpha value is -3.26. The third kappa shape index (κ3) is 4.97. The summed E-state index contributed by atoms with van der Waals surface area (Å²) in [5.41, 5.74) is 14.1. The molecule has 1 aliphatic heterocycles. The molecule has 0 nitrogen and oxygen atoms in total. The number of hydrogen-bond acceptors (Lipinski definition) is 0. The van der Waals surface area contributed by atoms with E-state index in [-0.39, 0.29) is 3.63 Å². The molecule has 46 heavy (non-hydrogen) atoms. The van der Waals surface area contributed by atoms with Crippen LogP contribution < -0.4 is 13.6 Å². The van der Waals surface area contributed by atoms with Gasteiger partial charge in [-0.25, -0.2) is 0 Å². The van der Waals surface area contributed by atoms with Gasteiger partial charge in [-0.15, -0.1) is 0 Å². The molecule has 6 aromatic rings. The SMILES string of the molecule is CC(C)c1ccccc1-c1c(-c2ccccc2)ccc2c1C=C(c1ccccc1)[CH]2[Zr]([Cl])([Cl])[c]1cccc2c1[SiH2]c1ccccc1-2. The molecule has 1 atom stereocenters. The predicted octanol–water partition coefficient (Wildman–Crippen LogP) is 9.63. The molecule has 0 spiro atoms. The molecular formula is C42H34Cl2SiZr. The number of halogens is 2. The van der Waals surface area contributed by atoms with Gasteiger partial charge in [0, 0.05) is 0 Å². The van der Waals surface area contributed by atoms with Gasteiger partial charge in [0.1, 0.15) is 0 Å². The Labute approximate surface area is 286 Å². The molecule has 224 valence electrons. The fraction of sp³-hybridized carbons (Fsp3) is 0.0952. The molecule has 1 heterocycles. The third-order valence-corrected chi connectivity index (χ3v) is 24.0. The zero-order valence-electron chi connectivity index (χ0n) is 26.0. The first-order valence-corrected chi connectivity index (χ1v) is 26.5. The number of rotatable bonds is 6. The summed E-state index contributed by atoms with van der Waals surface area (Å²) < 4.78 is 1.21. The quantitative estimate of drug-likeness (QED) is 0.150. The van der Waals surface area contributed by atoms with Crippen molar-refractivity contribution in [2.24, 2.45) is 0 Å². The van der Waals surface area contributed by atoms with E-state index in [4.69, 9.17) is 17.0 Å². The monoisotopic (exact) mass is 726 g/mol. The molecule has 0 radical (unpaired) electrons. The second-order valence-electron chi connectivity index (χ2n) is 12.8. The van der Waals surface area contributed by atoms with Crippen LogP contribution in [-0.4, -0.2) is 9.52 Å². The fourth-order valence-corrected chi connectivity index (χ4v) is 24.2. The van der Waals surface area contributed by atoms with E-state index in [9.17, 15) is 0 Å². The third-order valence-electron chi connectivity index (χ3n) is 9.82. The predicted molar refractivity (Wildman–Crippen MR) is 199 cm³/mol. The van der Waals surface area contributed by atoms with Crippen molar-refractivity contribution in [3.63, 3.8) is 0 Å². The van der Waals surface area contributed by atoms with Crippen LogP contribution in [0, 0.1) is 0 Å². The van der Waals surface area contributed by atoms with Gasteiger partial charge >= 0.3 is 288 Å². The van der Waals surface area contributed by atoms with Crippen LogP contribution in [-0.2, 0) is 17.9 Å². The van der Waals surface area contributed by atoms with E-state index in [0.717, 1.165) is 0 Å². The minimum atomic E-state index is -4.21. The van der Waals surface area contributed by atoms with Gasteiger partial charge in [0.2, 0.25) is 0 Å².